The lowest BCUT2D eigenvalue weighted by molar-refractivity contribution is -0.0501. The van der Waals surface area contributed by atoms with E-state index in [0.717, 1.165) is 6.07 Å². The summed E-state index contributed by atoms with van der Waals surface area (Å²) in [5, 5.41) is 1.14. The molecule has 9 heteroatoms. The molecule has 102 valence electrons. The molecule has 0 atom stereocenters. The second kappa shape index (κ2) is 4.64. The zero-order valence-electron chi connectivity index (χ0n) is 8.98. The third kappa shape index (κ3) is 2.98. The molecule has 0 saturated carbocycles. The van der Waals surface area contributed by atoms with E-state index in [9.17, 15) is 21.6 Å². The molecular formula is C10H5BrF3NO3S. The molecule has 0 spiro atoms. The van der Waals surface area contributed by atoms with E-state index in [1.165, 1.54) is 6.20 Å². The molecule has 0 aliphatic carbocycles. The number of halogens is 4. The maximum absolute atomic E-state index is 12.1. The second-order valence-electron chi connectivity index (χ2n) is 3.50. The number of benzene rings is 1. The summed E-state index contributed by atoms with van der Waals surface area (Å²) in [5.41, 5.74) is -5.49. The lowest BCUT2D eigenvalue weighted by Crippen LogP contribution is -2.28. The quantitative estimate of drug-likeness (QED) is 0.613. The highest BCUT2D eigenvalue weighted by Crippen LogP contribution is 2.28. The molecule has 1 heterocycles. The SMILES string of the molecule is O=S(=O)(Oc1cc2cc(Br)ccc2cn1)C(F)(F)F. The van der Waals surface area contributed by atoms with Crippen molar-refractivity contribution in [3.8, 4) is 5.88 Å². The van der Waals surface area contributed by atoms with Gasteiger partial charge in [0.05, 0.1) is 0 Å². The molecule has 0 aliphatic rings. The van der Waals surface area contributed by atoms with Gasteiger partial charge in [-0.15, -0.1) is 0 Å². The summed E-state index contributed by atoms with van der Waals surface area (Å²) < 4.78 is 62.7. The number of aromatic nitrogens is 1. The van der Waals surface area contributed by atoms with Gasteiger partial charge in [-0.1, -0.05) is 22.0 Å². The van der Waals surface area contributed by atoms with E-state index in [0.29, 0.717) is 15.2 Å². The molecule has 0 unspecified atom stereocenters. The first-order valence-electron chi connectivity index (χ1n) is 4.75. The van der Waals surface area contributed by atoms with E-state index in [4.69, 9.17) is 0 Å². The minimum atomic E-state index is -5.70. The zero-order chi connectivity index (χ0) is 14.3. The van der Waals surface area contributed by atoms with Crippen molar-refractivity contribution in [2.45, 2.75) is 5.51 Å². The average Bonchev–Trinajstić information content (AvgIpc) is 2.26. The van der Waals surface area contributed by atoms with E-state index in [1.807, 2.05) is 0 Å². The summed E-state index contributed by atoms with van der Waals surface area (Å²) in [6.07, 6.45) is 1.23. The summed E-state index contributed by atoms with van der Waals surface area (Å²) in [5.74, 6) is -0.636. The van der Waals surface area contributed by atoms with Crippen molar-refractivity contribution in [3.63, 3.8) is 0 Å². The highest BCUT2D eigenvalue weighted by atomic mass is 79.9. The van der Waals surface area contributed by atoms with Gasteiger partial charge in [0.1, 0.15) is 0 Å². The molecule has 0 bridgehead atoms. The van der Waals surface area contributed by atoms with Crippen LogP contribution in [-0.4, -0.2) is 18.9 Å². The Bertz CT molecular complexity index is 730. The largest absolute Gasteiger partial charge is 0.534 e. The average molecular weight is 356 g/mol. The van der Waals surface area contributed by atoms with Gasteiger partial charge in [-0.05, 0) is 17.5 Å². The van der Waals surface area contributed by atoms with Crippen LogP contribution in [0.3, 0.4) is 0 Å². The Morgan fingerprint density at radius 2 is 1.84 bits per heavy atom. The summed E-state index contributed by atoms with van der Waals surface area (Å²) >= 11 is 3.19. The Hall–Kier alpha value is -1.35. The number of alkyl halides is 3. The van der Waals surface area contributed by atoms with Crippen molar-refractivity contribution in [1.29, 1.82) is 0 Å². The van der Waals surface area contributed by atoms with Gasteiger partial charge in [0, 0.05) is 22.1 Å². The van der Waals surface area contributed by atoms with Crippen LogP contribution in [0.4, 0.5) is 13.2 Å². The summed E-state index contributed by atoms with van der Waals surface area (Å²) in [4.78, 5) is 3.52. The number of pyridine rings is 1. The molecule has 2 rings (SSSR count). The first-order valence-corrected chi connectivity index (χ1v) is 6.95. The van der Waals surface area contributed by atoms with Crippen LogP contribution in [0.15, 0.2) is 34.9 Å². The molecular weight excluding hydrogens is 351 g/mol. The van der Waals surface area contributed by atoms with Gasteiger partial charge < -0.3 is 4.18 Å². The van der Waals surface area contributed by atoms with Gasteiger partial charge in [-0.25, -0.2) is 4.98 Å². The van der Waals surface area contributed by atoms with Crippen LogP contribution in [0.1, 0.15) is 0 Å². The van der Waals surface area contributed by atoms with Crippen molar-refractivity contribution in [2.24, 2.45) is 0 Å². The maximum Gasteiger partial charge on any atom is 0.534 e. The second-order valence-corrected chi connectivity index (χ2v) is 5.95. The lowest BCUT2D eigenvalue weighted by atomic mass is 10.2. The number of nitrogens with zero attached hydrogens (tertiary/aromatic N) is 1. The molecule has 19 heavy (non-hydrogen) atoms. The van der Waals surface area contributed by atoms with Crippen LogP contribution >= 0.6 is 15.9 Å². The summed E-state index contributed by atoms with van der Waals surface area (Å²) in [7, 11) is -5.70. The minimum Gasteiger partial charge on any atom is -0.355 e. The Labute approximate surface area is 114 Å². The predicted molar refractivity (Wildman–Crippen MR) is 65.0 cm³/mol. The van der Waals surface area contributed by atoms with Gasteiger partial charge in [-0.3, -0.25) is 0 Å². The van der Waals surface area contributed by atoms with Crippen LogP contribution in [0.2, 0.25) is 0 Å². The number of hydrogen-bond donors (Lipinski definition) is 0. The molecule has 2 aromatic rings. The molecule has 0 radical (unpaired) electrons. The fourth-order valence-electron chi connectivity index (χ4n) is 1.30. The number of fused-ring (bicyclic) bond motifs is 1. The molecule has 0 saturated heterocycles. The molecule has 1 aromatic carbocycles. The van der Waals surface area contributed by atoms with E-state index in [1.54, 1.807) is 18.2 Å². The van der Waals surface area contributed by atoms with Crippen molar-refractivity contribution >= 4 is 36.8 Å². The molecule has 1 aromatic heterocycles. The highest BCUT2D eigenvalue weighted by Gasteiger charge is 2.48. The molecule has 0 aliphatic heterocycles. The monoisotopic (exact) mass is 355 g/mol. The van der Waals surface area contributed by atoms with Crippen molar-refractivity contribution < 1.29 is 25.8 Å². The first-order chi connectivity index (χ1) is 8.69. The van der Waals surface area contributed by atoms with Crippen molar-refractivity contribution in [2.75, 3.05) is 0 Å². The third-order valence-corrected chi connectivity index (χ3v) is 3.59. The van der Waals surface area contributed by atoms with Crippen LogP contribution < -0.4 is 4.18 Å². The predicted octanol–water partition coefficient (Wildman–Crippen LogP) is 3.23. The maximum atomic E-state index is 12.1. The Balaban J connectivity index is 2.42. The molecule has 4 nitrogen and oxygen atoms in total. The standard InChI is InChI=1S/C10H5BrF3NO3S/c11-8-2-1-6-5-15-9(4-7(6)3-8)18-19(16,17)10(12,13)14/h1-5H. The Morgan fingerprint density at radius 3 is 2.47 bits per heavy atom. The minimum absolute atomic E-state index is 0.497. The van der Waals surface area contributed by atoms with Gasteiger partial charge >= 0.3 is 15.6 Å². The highest BCUT2D eigenvalue weighted by molar-refractivity contribution is 9.10. The smallest absolute Gasteiger partial charge is 0.355 e. The summed E-state index contributed by atoms with van der Waals surface area (Å²) in [6.45, 7) is 0. The zero-order valence-corrected chi connectivity index (χ0v) is 11.4. The number of rotatable bonds is 2. The van der Waals surface area contributed by atoms with Crippen LogP contribution in [0.25, 0.3) is 10.8 Å². The fraction of sp³-hybridized carbons (Fsp3) is 0.100. The molecule has 0 amide bonds. The van der Waals surface area contributed by atoms with E-state index < -0.39 is 21.5 Å². The van der Waals surface area contributed by atoms with Gasteiger partial charge in [-0.2, -0.15) is 21.6 Å². The van der Waals surface area contributed by atoms with Crippen LogP contribution in [0, 0.1) is 0 Å². The van der Waals surface area contributed by atoms with E-state index in [-0.39, 0.29) is 0 Å². The Kier molecular flexibility index (Phi) is 3.43. The van der Waals surface area contributed by atoms with Gasteiger partial charge in [0.25, 0.3) is 0 Å². The Morgan fingerprint density at radius 1 is 1.16 bits per heavy atom. The van der Waals surface area contributed by atoms with Crippen LogP contribution in [0.5, 0.6) is 5.88 Å². The van der Waals surface area contributed by atoms with Crippen molar-refractivity contribution in [3.05, 3.63) is 34.9 Å². The van der Waals surface area contributed by atoms with E-state index >= 15 is 0 Å². The van der Waals surface area contributed by atoms with Crippen molar-refractivity contribution in [1.82, 2.24) is 4.98 Å². The fourth-order valence-corrected chi connectivity index (χ4v) is 2.09. The van der Waals surface area contributed by atoms with E-state index in [2.05, 4.69) is 25.1 Å². The summed E-state index contributed by atoms with van der Waals surface area (Å²) in [6, 6.07) is 6.11. The van der Waals surface area contributed by atoms with Crippen LogP contribution in [-0.2, 0) is 10.1 Å². The normalized spacial score (nSPS) is 12.6. The topological polar surface area (TPSA) is 56.3 Å². The van der Waals surface area contributed by atoms with Gasteiger partial charge in [0.2, 0.25) is 5.88 Å². The molecule has 0 fully saturated rings. The lowest BCUT2D eigenvalue weighted by Gasteiger charge is -2.09. The third-order valence-electron chi connectivity index (χ3n) is 2.14. The first kappa shape index (κ1) is 14.1. The van der Waals surface area contributed by atoms with Gasteiger partial charge in [0.15, 0.2) is 0 Å². The number of hydrogen-bond acceptors (Lipinski definition) is 4. The molecule has 0 N–H and O–H groups in total.